The second-order valence-electron chi connectivity index (χ2n) is 8.21. The zero-order valence-corrected chi connectivity index (χ0v) is 15.5. The topological polar surface area (TPSA) is 81.8 Å². The molecular formula is C20H23FN4O3. The van der Waals surface area contributed by atoms with Crippen molar-refractivity contribution in [1.29, 1.82) is 0 Å². The van der Waals surface area contributed by atoms with Crippen molar-refractivity contribution in [1.82, 2.24) is 15.5 Å². The number of piperazine rings is 1. The Morgan fingerprint density at radius 2 is 1.96 bits per heavy atom. The van der Waals surface area contributed by atoms with Gasteiger partial charge in [0.1, 0.15) is 5.82 Å². The minimum Gasteiger partial charge on any atom is -0.363 e. The first kappa shape index (κ1) is 17.8. The van der Waals surface area contributed by atoms with Crippen LogP contribution in [0, 0.1) is 5.82 Å². The third-order valence-electron chi connectivity index (χ3n) is 6.69. The van der Waals surface area contributed by atoms with E-state index in [0.29, 0.717) is 49.5 Å². The number of anilines is 1. The van der Waals surface area contributed by atoms with Gasteiger partial charge in [0.15, 0.2) is 6.29 Å². The number of benzene rings is 1. The number of aldehydes is 1. The number of halogens is 1. The minimum absolute atomic E-state index is 0.0665. The largest absolute Gasteiger partial charge is 0.363 e. The predicted molar refractivity (Wildman–Crippen MR) is 99.7 cm³/mol. The number of hydrogen-bond donors (Lipinski definition) is 2. The maximum Gasteiger partial charge on any atom is 0.254 e. The number of carbonyl (C=O) groups is 3. The molecule has 3 saturated heterocycles. The van der Waals surface area contributed by atoms with Gasteiger partial charge in [0, 0.05) is 55.4 Å². The first-order valence-electron chi connectivity index (χ1n) is 9.91. The van der Waals surface area contributed by atoms with Crippen molar-refractivity contribution in [2.24, 2.45) is 0 Å². The van der Waals surface area contributed by atoms with Gasteiger partial charge in [-0.3, -0.25) is 14.4 Å². The zero-order chi connectivity index (χ0) is 19.4. The molecule has 4 unspecified atom stereocenters. The molecule has 4 aliphatic heterocycles. The first-order chi connectivity index (χ1) is 13.6. The van der Waals surface area contributed by atoms with Crippen LogP contribution >= 0.6 is 0 Å². The molecule has 7 nitrogen and oxygen atoms in total. The van der Waals surface area contributed by atoms with Crippen LogP contribution in [0.3, 0.4) is 0 Å². The Bertz CT molecular complexity index is 852. The molecule has 0 aliphatic carbocycles. The van der Waals surface area contributed by atoms with Crippen molar-refractivity contribution in [2.45, 2.75) is 50.0 Å². The lowest BCUT2D eigenvalue weighted by Gasteiger charge is -2.35. The van der Waals surface area contributed by atoms with Gasteiger partial charge in [0.05, 0.1) is 11.7 Å². The van der Waals surface area contributed by atoms with E-state index >= 15 is 0 Å². The molecule has 2 bridgehead atoms. The number of piperidine rings is 1. The average Bonchev–Trinajstić information content (AvgIpc) is 3.42. The summed E-state index contributed by atoms with van der Waals surface area (Å²) in [5.41, 5.74) is 1.95. The molecule has 2 N–H and O–H groups in total. The van der Waals surface area contributed by atoms with Gasteiger partial charge >= 0.3 is 0 Å². The number of carbonyl (C=O) groups excluding carboxylic acids is 3. The fourth-order valence-electron chi connectivity index (χ4n) is 5.24. The number of rotatable bonds is 4. The van der Waals surface area contributed by atoms with E-state index in [1.807, 2.05) is 0 Å². The van der Waals surface area contributed by atoms with Crippen molar-refractivity contribution in [3.05, 3.63) is 29.1 Å². The van der Waals surface area contributed by atoms with Crippen LogP contribution in [-0.4, -0.2) is 66.7 Å². The van der Waals surface area contributed by atoms with E-state index in [0.717, 1.165) is 25.1 Å². The number of nitrogens with one attached hydrogen (secondary N) is 2. The molecule has 1 aromatic carbocycles. The van der Waals surface area contributed by atoms with Gasteiger partial charge in [-0.15, -0.1) is 0 Å². The van der Waals surface area contributed by atoms with E-state index in [1.54, 1.807) is 11.0 Å². The fraction of sp³-hybridized carbons (Fsp3) is 0.550. The maximum atomic E-state index is 14.8. The highest BCUT2D eigenvalue weighted by Gasteiger charge is 2.43. The average molecular weight is 386 g/mol. The van der Waals surface area contributed by atoms with Crippen molar-refractivity contribution in [3.63, 3.8) is 0 Å². The van der Waals surface area contributed by atoms with Crippen molar-refractivity contribution >= 4 is 23.7 Å². The van der Waals surface area contributed by atoms with E-state index in [4.69, 9.17) is 0 Å². The fourth-order valence-corrected chi connectivity index (χ4v) is 5.24. The van der Waals surface area contributed by atoms with Crippen molar-refractivity contribution < 1.29 is 18.8 Å². The van der Waals surface area contributed by atoms with Gasteiger partial charge < -0.3 is 20.4 Å². The van der Waals surface area contributed by atoms with Crippen LogP contribution in [0.2, 0.25) is 0 Å². The number of ketones is 1. The Balaban J connectivity index is 1.38. The number of fused-ring (bicyclic) bond motifs is 3. The summed E-state index contributed by atoms with van der Waals surface area (Å²) < 4.78 is 14.8. The van der Waals surface area contributed by atoms with E-state index in [1.165, 1.54) is 6.07 Å². The summed E-state index contributed by atoms with van der Waals surface area (Å²) in [5.74, 6) is -0.790. The maximum absolute atomic E-state index is 14.8. The monoisotopic (exact) mass is 386 g/mol. The number of Topliss-reactive ketones (excluding diaryl/α,β-unsaturated/α-hetero) is 1. The van der Waals surface area contributed by atoms with Crippen LogP contribution in [0.25, 0.3) is 0 Å². The van der Waals surface area contributed by atoms with Crippen LogP contribution in [0.1, 0.15) is 35.2 Å². The summed E-state index contributed by atoms with van der Waals surface area (Å²) in [6.07, 6.45) is 2.53. The van der Waals surface area contributed by atoms with Crippen molar-refractivity contribution in [3.8, 4) is 0 Å². The van der Waals surface area contributed by atoms with Gasteiger partial charge in [0.25, 0.3) is 5.91 Å². The Morgan fingerprint density at radius 3 is 2.61 bits per heavy atom. The van der Waals surface area contributed by atoms with Crippen LogP contribution < -0.4 is 15.5 Å². The standard InChI is InChI=1S/C20H23FN4O3/c21-16-3-2-14-15(19(16)24-8-11-5-13(24)7-22-11)9-25(20(14)28)12-1-4-17(23-6-12)18(27)10-26/h2-3,10-13,17,22-23H,1,4-9H2. The third-order valence-corrected chi connectivity index (χ3v) is 6.69. The molecule has 5 rings (SSSR count). The molecule has 148 valence electrons. The summed E-state index contributed by atoms with van der Waals surface area (Å²) in [5, 5.41) is 6.51. The van der Waals surface area contributed by atoms with Gasteiger partial charge in [-0.2, -0.15) is 0 Å². The molecule has 0 spiro atoms. The van der Waals surface area contributed by atoms with E-state index in [-0.39, 0.29) is 23.8 Å². The molecule has 4 heterocycles. The lowest BCUT2D eigenvalue weighted by molar-refractivity contribution is -0.131. The highest BCUT2D eigenvalue weighted by molar-refractivity contribution is 6.27. The molecule has 1 aromatic rings. The summed E-state index contributed by atoms with van der Waals surface area (Å²) >= 11 is 0. The molecule has 4 aliphatic rings. The lowest BCUT2D eigenvalue weighted by atomic mass is 9.97. The minimum atomic E-state index is -0.463. The SMILES string of the molecule is O=CC(=O)C1CCC(N2Cc3c(ccc(F)c3N3CC4CC3CN4)C2=O)CN1. The predicted octanol–water partition coefficient (Wildman–Crippen LogP) is 0.221. The first-order valence-corrected chi connectivity index (χ1v) is 9.91. The normalized spacial score (nSPS) is 31.4. The smallest absolute Gasteiger partial charge is 0.254 e. The quantitative estimate of drug-likeness (QED) is 0.569. The van der Waals surface area contributed by atoms with Gasteiger partial charge in [-0.25, -0.2) is 4.39 Å². The summed E-state index contributed by atoms with van der Waals surface area (Å²) in [4.78, 5) is 39.2. The highest BCUT2D eigenvalue weighted by Crippen LogP contribution is 2.39. The highest BCUT2D eigenvalue weighted by atomic mass is 19.1. The van der Waals surface area contributed by atoms with E-state index < -0.39 is 11.8 Å². The second kappa shape index (κ2) is 6.63. The molecule has 0 aromatic heterocycles. The van der Waals surface area contributed by atoms with E-state index in [9.17, 15) is 18.8 Å². The molecule has 28 heavy (non-hydrogen) atoms. The zero-order valence-electron chi connectivity index (χ0n) is 15.5. The Hall–Kier alpha value is -2.32. The summed E-state index contributed by atoms with van der Waals surface area (Å²) in [6, 6.07) is 3.15. The van der Waals surface area contributed by atoms with Crippen LogP contribution in [0.15, 0.2) is 12.1 Å². The van der Waals surface area contributed by atoms with E-state index in [2.05, 4.69) is 15.5 Å². The molecule has 3 fully saturated rings. The Labute approximate surface area is 162 Å². The van der Waals surface area contributed by atoms with Crippen LogP contribution in [0.5, 0.6) is 0 Å². The number of amides is 1. The summed E-state index contributed by atoms with van der Waals surface area (Å²) in [7, 11) is 0. The van der Waals surface area contributed by atoms with Gasteiger partial charge in [-0.1, -0.05) is 0 Å². The summed E-state index contributed by atoms with van der Waals surface area (Å²) in [6.45, 7) is 2.47. The molecule has 0 saturated carbocycles. The number of hydrogen-bond acceptors (Lipinski definition) is 6. The number of nitrogens with zero attached hydrogens (tertiary/aromatic N) is 2. The molecule has 4 atom stereocenters. The molecule has 1 amide bonds. The Morgan fingerprint density at radius 1 is 1.14 bits per heavy atom. The lowest BCUT2D eigenvalue weighted by Crippen LogP contribution is -2.52. The molecule has 0 radical (unpaired) electrons. The van der Waals surface area contributed by atoms with Gasteiger partial charge in [0.2, 0.25) is 5.78 Å². The molecular weight excluding hydrogens is 363 g/mol. The third kappa shape index (κ3) is 2.66. The van der Waals surface area contributed by atoms with Crippen LogP contribution in [0.4, 0.5) is 10.1 Å². The van der Waals surface area contributed by atoms with Crippen molar-refractivity contribution in [2.75, 3.05) is 24.5 Å². The molecule has 8 heteroatoms. The second-order valence-corrected chi connectivity index (χ2v) is 8.21. The Kier molecular flexibility index (Phi) is 4.21. The van der Waals surface area contributed by atoms with Crippen LogP contribution in [-0.2, 0) is 16.1 Å². The van der Waals surface area contributed by atoms with Gasteiger partial charge in [-0.05, 0) is 31.4 Å².